The minimum atomic E-state index is 0.662. The number of pyridine rings is 1. The lowest BCUT2D eigenvalue weighted by molar-refractivity contribution is 0.0323. The van der Waals surface area contributed by atoms with Crippen molar-refractivity contribution in [2.24, 2.45) is 5.92 Å². The summed E-state index contributed by atoms with van der Waals surface area (Å²) in [6, 6.07) is 4.67. The molecule has 5 nitrogen and oxygen atoms in total. The first kappa shape index (κ1) is 17.6. The maximum Gasteiger partial charge on any atom is 0.199 e. The molecular weight excluding hydrogens is 342 g/mol. The standard InChI is InChI=1S/C20H27N5S/c1-2-12-24-19(17-8-5-11-21-14-17)22-25(20(24)26)15-23-13-6-9-16-7-3-4-10-18(16)23/h2,5,8,11,14,16,18H,1,3-4,6-7,9-10,12-13,15H2/t16-,18+/m0/s1. The number of fused-ring (bicyclic) bond motifs is 1. The van der Waals surface area contributed by atoms with Gasteiger partial charge in [-0.25, -0.2) is 4.68 Å². The third-order valence-corrected chi connectivity index (χ3v) is 6.26. The highest BCUT2D eigenvalue weighted by atomic mass is 32.1. The minimum absolute atomic E-state index is 0.662. The molecule has 1 saturated carbocycles. The summed E-state index contributed by atoms with van der Waals surface area (Å²) in [6.07, 6.45) is 13.6. The van der Waals surface area contributed by atoms with Crippen molar-refractivity contribution >= 4 is 12.2 Å². The van der Waals surface area contributed by atoms with Gasteiger partial charge in [-0.1, -0.05) is 18.9 Å². The summed E-state index contributed by atoms with van der Waals surface area (Å²) >= 11 is 5.76. The second kappa shape index (κ2) is 7.84. The van der Waals surface area contributed by atoms with Crippen molar-refractivity contribution in [3.05, 3.63) is 42.0 Å². The van der Waals surface area contributed by atoms with Crippen molar-refractivity contribution in [1.29, 1.82) is 0 Å². The van der Waals surface area contributed by atoms with Crippen molar-refractivity contribution in [3.8, 4) is 11.4 Å². The molecule has 2 aromatic rings. The van der Waals surface area contributed by atoms with Crippen LogP contribution in [0.1, 0.15) is 38.5 Å². The normalized spacial score (nSPS) is 23.5. The zero-order valence-corrected chi connectivity index (χ0v) is 16.1. The lowest BCUT2D eigenvalue weighted by Crippen LogP contribution is -2.47. The molecule has 0 aromatic carbocycles. The fraction of sp³-hybridized carbons (Fsp3) is 0.550. The first-order chi connectivity index (χ1) is 12.8. The number of hydrogen-bond donors (Lipinski definition) is 0. The number of aromatic nitrogens is 4. The Bertz CT molecular complexity index is 807. The first-order valence-electron chi connectivity index (χ1n) is 9.71. The largest absolute Gasteiger partial charge is 0.296 e. The molecule has 26 heavy (non-hydrogen) atoms. The third-order valence-electron chi connectivity index (χ3n) is 5.83. The lowest BCUT2D eigenvalue weighted by atomic mass is 9.78. The summed E-state index contributed by atoms with van der Waals surface area (Å²) in [5.74, 6) is 1.74. The van der Waals surface area contributed by atoms with E-state index in [0.29, 0.717) is 12.6 Å². The van der Waals surface area contributed by atoms with Crippen LogP contribution >= 0.6 is 12.2 Å². The quantitative estimate of drug-likeness (QED) is 0.583. The van der Waals surface area contributed by atoms with Crippen molar-refractivity contribution in [1.82, 2.24) is 24.2 Å². The van der Waals surface area contributed by atoms with E-state index in [4.69, 9.17) is 17.3 Å². The topological polar surface area (TPSA) is 38.9 Å². The van der Waals surface area contributed by atoms with Crippen molar-refractivity contribution in [2.45, 2.75) is 57.8 Å². The molecule has 4 rings (SSSR count). The summed E-state index contributed by atoms with van der Waals surface area (Å²) in [5, 5.41) is 4.88. The van der Waals surface area contributed by atoms with Gasteiger partial charge in [0.15, 0.2) is 10.6 Å². The number of nitrogens with zero attached hydrogens (tertiary/aromatic N) is 5. The van der Waals surface area contributed by atoms with Crippen LogP contribution in [-0.2, 0) is 13.2 Å². The highest BCUT2D eigenvalue weighted by molar-refractivity contribution is 7.71. The molecule has 2 aromatic heterocycles. The fourth-order valence-corrected chi connectivity index (χ4v) is 4.87. The zero-order chi connectivity index (χ0) is 17.9. The summed E-state index contributed by atoms with van der Waals surface area (Å²) in [6.45, 7) is 6.48. The highest BCUT2D eigenvalue weighted by Gasteiger charge is 2.33. The van der Waals surface area contributed by atoms with Gasteiger partial charge in [-0.3, -0.25) is 14.5 Å². The maximum absolute atomic E-state index is 5.76. The van der Waals surface area contributed by atoms with Gasteiger partial charge in [0.05, 0.1) is 6.67 Å². The molecule has 138 valence electrons. The molecule has 0 amide bonds. The third kappa shape index (κ3) is 3.40. The monoisotopic (exact) mass is 369 g/mol. The summed E-state index contributed by atoms with van der Waals surface area (Å²) in [4.78, 5) is 6.85. The van der Waals surface area contributed by atoms with E-state index < -0.39 is 0 Å². The number of rotatable bonds is 5. The molecule has 0 N–H and O–H groups in total. The van der Waals surface area contributed by atoms with Gasteiger partial charge in [0, 0.05) is 37.1 Å². The van der Waals surface area contributed by atoms with Crippen molar-refractivity contribution in [2.75, 3.05) is 6.54 Å². The van der Waals surface area contributed by atoms with Crippen molar-refractivity contribution < 1.29 is 0 Å². The van der Waals surface area contributed by atoms with Gasteiger partial charge >= 0.3 is 0 Å². The molecule has 1 saturated heterocycles. The van der Waals surface area contributed by atoms with Gasteiger partial charge in [-0.2, -0.15) is 5.10 Å². The molecular formula is C20H27N5S. The van der Waals surface area contributed by atoms with E-state index in [2.05, 4.69) is 21.0 Å². The van der Waals surface area contributed by atoms with Crippen LogP contribution in [0.25, 0.3) is 11.4 Å². The van der Waals surface area contributed by atoms with Gasteiger partial charge in [0.25, 0.3) is 0 Å². The molecule has 1 aliphatic carbocycles. The number of likely N-dealkylation sites (tertiary alicyclic amines) is 1. The Morgan fingerprint density at radius 3 is 2.88 bits per heavy atom. The summed E-state index contributed by atoms with van der Waals surface area (Å²) in [5.41, 5.74) is 0.994. The molecule has 3 heterocycles. The van der Waals surface area contributed by atoms with Gasteiger partial charge in [-0.15, -0.1) is 6.58 Å². The molecule has 0 spiro atoms. The second-order valence-corrected chi connectivity index (χ2v) is 7.82. The first-order valence-corrected chi connectivity index (χ1v) is 10.1. The number of piperidine rings is 1. The van der Waals surface area contributed by atoms with E-state index in [9.17, 15) is 0 Å². The molecule has 0 bridgehead atoms. The van der Waals surface area contributed by atoms with Gasteiger partial charge in [0.2, 0.25) is 0 Å². The van der Waals surface area contributed by atoms with Crippen LogP contribution in [0.5, 0.6) is 0 Å². The average molecular weight is 370 g/mol. The molecule has 2 aliphatic rings. The van der Waals surface area contributed by atoms with E-state index in [0.717, 1.165) is 35.3 Å². The smallest absolute Gasteiger partial charge is 0.199 e. The molecule has 1 aliphatic heterocycles. The SMILES string of the molecule is C=CCn1c(-c2cccnc2)nn(CN2CCC[C@@H]3CCCC[C@H]32)c1=S. The number of hydrogen-bond acceptors (Lipinski definition) is 4. The highest BCUT2D eigenvalue weighted by Crippen LogP contribution is 2.35. The van der Waals surface area contributed by atoms with Crippen LogP contribution in [-0.4, -0.2) is 36.8 Å². The Labute approximate surface area is 160 Å². The molecule has 2 atom stereocenters. The molecule has 0 unspecified atom stereocenters. The molecule has 2 fully saturated rings. The van der Waals surface area contributed by atoms with Gasteiger partial charge in [0.1, 0.15) is 0 Å². The van der Waals surface area contributed by atoms with E-state index in [1.165, 1.54) is 38.5 Å². The Morgan fingerprint density at radius 1 is 1.23 bits per heavy atom. The number of allylic oxidation sites excluding steroid dienone is 1. The van der Waals surface area contributed by atoms with E-state index in [1.807, 2.05) is 29.1 Å². The van der Waals surface area contributed by atoms with Crippen LogP contribution in [0, 0.1) is 10.7 Å². The predicted molar refractivity (Wildman–Crippen MR) is 106 cm³/mol. The fourth-order valence-electron chi connectivity index (χ4n) is 4.61. The maximum atomic E-state index is 5.76. The van der Waals surface area contributed by atoms with Crippen LogP contribution < -0.4 is 0 Å². The Balaban J connectivity index is 1.64. The van der Waals surface area contributed by atoms with Crippen LogP contribution in [0.4, 0.5) is 0 Å². The second-order valence-electron chi connectivity index (χ2n) is 7.45. The Kier molecular flexibility index (Phi) is 5.31. The van der Waals surface area contributed by atoms with E-state index in [1.54, 1.807) is 6.20 Å². The Morgan fingerprint density at radius 2 is 2.08 bits per heavy atom. The van der Waals surface area contributed by atoms with Gasteiger partial charge in [-0.05, 0) is 56.0 Å². The van der Waals surface area contributed by atoms with Gasteiger partial charge < -0.3 is 0 Å². The zero-order valence-electron chi connectivity index (χ0n) is 15.3. The average Bonchev–Trinajstić information content (AvgIpc) is 2.99. The summed E-state index contributed by atoms with van der Waals surface area (Å²) < 4.78 is 4.82. The molecule has 0 radical (unpaired) electrons. The van der Waals surface area contributed by atoms with E-state index >= 15 is 0 Å². The van der Waals surface area contributed by atoms with Crippen LogP contribution in [0.15, 0.2) is 37.2 Å². The summed E-state index contributed by atoms with van der Waals surface area (Å²) in [7, 11) is 0. The Hall–Kier alpha value is -1.79. The van der Waals surface area contributed by atoms with Crippen molar-refractivity contribution in [3.63, 3.8) is 0 Å². The lowest BCUT2D eigenvalue weighted by Gasteiger charge is -2.43. The minimum Gasteiger partial charge on any atom is -0.296 e. The van der Waals surface area contributed by atoms with Crippen LogP contribution in [0.2, 0.25) is 0 Å². The predicted octanol–water partition coefficient (Wildman–Crippen LogP) is 4.27. The van der Waals surface area contributed by atoms with Crippen LogP contribution in [0.3, 0.4) is 0 Å². The molecule has 6 heteroatoms. The van der Waals surface area contributed by atoms with E-state index in [-0.39, 0.29) is 0 Å².